The molecule has 0 atom stereocenters. The number of carbonyl (C=O) groups is 3. The van der Waals surface area contributed by atoms with Crippen molar-refractivity contribution in [2.45, 2.75) is 65.3 Å². The Morgan fingerprint density at radius 3 is 2.11 bits per heavy atom. The number of fused-ring (bicyclic) bond motifs is 3. The summed E-state index contributed by atoms with van der Waals surface area (Å²) in [4.78, 5) is 56.2. The SMILES string of the molecule is CCCCCC/C(=N\OC(C)=O)C(=O)c1ccc2c(c1)c1cc([N+](=O)[O-])ccc1n2-c1ccc(C(=O)C(C)(C)N(C)C)cc1. The zero-order chi connectivity index (χ0) is 32.2. The maximum absolute atomic E-state index is 13.6. The minimum Gasteiger partial charge on any atom is -0.318 e. The van der Waals surface area contributed by atoms with E-state index < -0.39 is 16.4 Å². The number of nitro groups is 1. The summed E-state index contributed by atoms with van der Waals surface area (Å²) in [7, 11) is 3.72. The van der Waals surface area contributed by atoms with Crippen molar-refractivity contribution in [3.05, 3.63) is 81.9 Å². The fraction of sp³-hybridized carbons (Fsp3) is 0.353. The number of likely N-dealkylation sites (N-methyl/N-ethyl adjacent to an activating group) is 1. The standard InChI is InChI=1S/C34H38N4O6/c1-7-8-9-10-11-29(35-44-22(2)39)32(40)24-14-18-30-27(20-24)28-21-26(38(42)43)17-19-31(28)37(30)25-15-12-23(13-16-25)33(41)34(3,4)36(5)6/h12-21H,7-11H2,1-6H3/b35-29+. The number of rotatable bonds is 13. The zero-order valence-corrected chi connectivity index (χ0v) is 26.0. The van der Waals surface area contributed by atoms with E-state index in [0.29, 0.717) is 33.8 Å². The highest BCUT2D eigenvalue weighted by atomic mass is 16.7. The van der Waals surface area contributed by atoms with Gasteiger partial charge in [0, 0.05) is 46.6 Å². The first-order valence-corrected chi connectivity index (χ1v) is 14.7. The van der Waals surface area contributed by atoms with Gasteiger partial charge in [-0.2, -0.15) is 0 Å². The topological polar surface area (TPSA) is 124 Å². The van der Waals surface area contributed by atoms with E-state index in [1.807, 2.05) is 49.5 Å². The molecule has 44 heavy (non-hydrogen) atoms. The Balaban J connectivity index is 1.83. The monoisotopic (exact) mass is 598 g/mol. The number of non-ortho nitro benzene ring substituents is 1. The second kappa shape index (κ2) is 13.3. The van der Waals surface area contributed by atoms with E-state index in [4.69, 9.17) is 4.84 Å². The van der Waals surface area contributed by atoms with Gasteiger partial charge in [-0.05, 0) is 89.3 Å². The van der Waals surface area contributed by atoms with Crippen molar-refractivity contribution in [2.24, 2.45) is 5.16 Å². The molecule has 0 aliphatic carbocycles. The second-order valence-corrected chi connectivity index (χ2v) is 11.6. The minimum absolute atomic E-state index is 0.0176. The summed E-state index contributed by atoms with van der Waals surface area (Å²) < 4.78 is 1.95. The van der Waals surface area contributed by atoms with E-state index in [0.717, 1.165) is 36.9 Å². The van der Waals surface area contributed by atoms with Crippen LogP contribution in [0.2, 0.25) is 0 Å². The summed E-state index contributed by atoms with van der Waals surface area (Å²) in [5.41, 5.74) is 2.46. The predicted octanol–water partition coefficient (Wildman–Crippen LogP) is 7.29. The van der Waals surface area contributed by atoms with E-state index >= 15 is 0 Å². The lowest BCUT2D eigenvalue weighted by molar-refractivity contribution is -0.384. The first-order valence-electron chi connectivity index (χ1n) is 14.7. The zero-order valence-electron chi connectivity index (χ0n) is 26.0. The average molecular weight is 599 g/mol. The van der Waals surface area contributed by atoms with E-state index in [9.17, 15) is 24.5 Å². The molecule has 0 fully saturated rings. The molecule has 0 radical (unpaired) electrons. The molecular formula is C34H38N4O6. The Morgan fingerprint density at radius 1 is 0.909 bits per heavy atom. The Morgan fingerprint density at radius 2 is 1.52 bits per heavy atom. The molecule has 0 aliphatic rings. The van der Waals surface area contributed by atoms with Gasteiger partial charge < -0.3 is 9.40 Å². The van der Waals surface area contributed by atoms with Crippen molar-refractivity contribution in [1.82, 2.24) is 9.47 Å². The summed E-state index contributed by atoms with van der Waals surface area (Å²) in [6, 6.07) is 17.1. The number of benzene rings is 3. The molecular weight excluding hydrogens is 560 g/mol. The molecule has 1 heterocycles. The van der Waals surface area contributed by atoms with Gasteiger partial charge in [0.05, 0.1) is 21.5 Å². The molecule has 0 amide bonds. The molecule has 0 aliphatic heterocycles. The maximum Gasteiger partial charge on any atom is 0.331 e. The molecule has 3 aromatic carbocycles. The molecule has 1 aromatic heterocycles. The third-order valence-electron chi connectivity index (χ3n) is 8.10. The van der Waals surface area contributed by atoms with Crippen molar-refractivity contribution in [3.63, 3.8) is 0 Å². The number of ketones is 2. The molecule has 4 rings (SSSR count). The number of aromatic nitrogens is 1. The van der Waals surface area contributed by atoms with Crippen molar-refractivity contribution >= 4 is 50.7 Å². The van der Waals surface area contributed by atoms with Gasteiger partial charge in [0.25, 0.3) is 5.69 Å². The lowest BCUT2D eigenvalue weighted by Gasteiger charge is -2.30. The number of nitro benzene ring substituents is 1. The highest BCUT2D eigenvalue weighted by Crippen LogP contribution is 2.35. The Kier molecular flexibility index (Phi) is 9.74. The molecule has 10 heteroatoms. The first-order chi connectivity index (χ1) is 20.9. The van der Waals surface area contributed by atoms with Crippen LogP contribution in [0.15, 0.2) is 65.8 Å². The van der Waals surface area contributed by atoms with Gasteiger partial charge in [-0.1, -0.05) is 31.3 Å². The van der Waals surface area contributed by atoms with Crippen molar-refractivity contribution in [3.8, 4) is 5.69 Å². The summed E-state index contributed by atoms with van der Waals surface area (Å²) in [5.74, 6) is -1.01. The number of hydrogen-bond acceptors (Lipinski definition) is 8. The summed E-state index contributed by atoms with van der Waals surface area (Å²) in [5, 5.41) is 16.8. The average Bonchev–Trinajstić information content (AvgIpc) is 3.32. The van der Waals surface area contributed by atoms with Crippen LogP contribution < -0.4 is 0 Å². The molecule has 0 bridgehead atoms. The number of Topliss-reactive ketones (excluding diaryl/α,β-unsaturated/α-hetero) is 2. The van der Waals surface area contributed by atoms with Crippen LogP contribution in [-0.2, 0) is 9.63 Å². The third-order valence-corrected chi connectivity index (χ3v) is 8.10. The quantitative estimate of drug-likeness (QED) is 0.0395. The van der Waals surface area contributed by atoms with Crippen LogP contribution in [0.25, 0.3) is 27.5 Å². The molecule has 4 aromatic rings. The third kappa shape index (κ3) is 6.60. The van der Waals surface area contributed by atoms with E-state index in [1.54, 1.807) is 36.4 Å². The van der Waals surface area contributed by atoms with Gasteiger partial charge in [-0.25, -0.2) is 4.79 Å². The smallest absolute Gasteiger partial charge is 0.318 e. The minimum atomic E-state index is -0.691. The number of nitrogens with zero attached hydrogens (tertiary/aromatic N) is 4. The maximum atomic E-state index is 13.6. The van der Waals surface area contributed by atoms with Crippen LogP contribution in [0.1, 0.15) is 80.5 Å². The first kappa shape index (κ1) is 32.2. The van der Waals surface area contributed by atoms with Gasteiger partial charge >= 0.3 is 5.97 Å². The highest BCUT2D eigenvalue weighted by molar-refractivity contribution is 6.46. The van der Waals surface area contributed by atoms with Crippen LogP contribution in [0.5, 0.6) is 0 Å². The van der Waals surface area contributed by atoms with Gasteiger partial charge in [-0.3, -0.25) is 24.6 Å². The lowest BCUT2D eigenvalue weighted by Crippen LogP contribution is -2.45. The Labute approximate surface area is 256 Å². The second-order valence-electron chi connectivity index (χ2n) is 11.6. The van der Waals surface area contributed by atoms with Crippen LogP contribution in [0, 0.1) is 10.1 Å². The Bertz CT molecular complexity index is 1770. The van der Waals surface area contributed by atoms with E-state index in [2.05, 4.69) is 12.1 Å². The van der Waals surface area contributed by atoms with Gasteiger partial charge in [0.2, 0.25) is 5.78 Å². The molecule has 0 N–H and O–H groups in total. The van der Waals surface area contributed by atoms with Crippen LogP contribution in [0.3, 0.4) is 0 Å². The van der Waals surface area contributed by atoms with E-state index in [-0.39, 0.29) is 23.0 Å². The van der Waals surface area contributed by atoms with Gasteiger partial charge in [-0.15, -0.1) is 0 Å². The summed E-state index contributed by atoms with van der Waals surface area (Å²) >= 11 is 0. The Hall–Kier alpha value is -4.70. The fourth-order valence-corrected chi connectivity index (χ4v) is 5.07. The predicted molar refractivity (Wildman–Crippen MR) is 172 cm³/mol. The lowest BCUT2D eigenvalue weighted by atomic mass is 9.92. The number of unbranched alkanes of at least 4 members (excludes halogenated alkanes) is 3. The van der Waals surface area contributed by atoms with Crippen molar-refractivity contribution < 1.29 is 24.1 Å². The molecule has 10 nitrogen and oxygen atoms in total. The molecule has 0 unspecified atom stereocenters. The number of hydrogen-bond donors (Lipinski definition) is 0. The fourth-order valence-electron chi connectivity index (χ4n) is 5.07. The van der Waals surface area contributed by atoms with Crippen molar-refractivity contribution in [2.75, 3.05) is 14.1 Å². The van der Waals surface area contributed by atoms with Crippen LogP contribution in [0.4, 0.5) is 5.69 Å². The van der Waals surface area contributed by atoms with E-state index in [1.165, 1.54) is 19.1 Å². The molecule has 230 valence electrons. The summed E-state index contributed by atoms with van der Waals surface area (Å²) in [6.07, 6.45) is 4.03. The highest BCUT2D eigenvalue weighted by Gasteiger charge is 2.31. The number of oxime groups is 1. The van der Waals surface area contributed by atoms with Gasteiger partial charge in [0.15, 0.2) is 5.78 Å². The van der Waals surface area contributed by atoms with Crippen LogP contribution >= 0.6 is 0 Å². The summed E-state index contributed by atoms with van der Waals surface area (Å²) in [6.45, 7) is 7.06. The van der Waals surface area contributed by atoms with Crippen molar-refractivity contribution in [1.29, 1.82) is 0 Å². The van der Waals surface area contributed by atoms with Gasteiger partial charge in [0.1, 0.15) is 5.71 Å². The molecule has 0 saturated heterocycles. The number of carbonyl (C=O) groups excluding carboxylic acids is 3. The molecule has 0 saturated carbocycles. The molecule has 0 spiro atoms. The van der Waals surface area contributed by atoms with Crippen LogP contribution in [-0.4, -0.2) is 57.3 Å². The normalized spacial score (nSPS) is 12.2. The largest absolute Gasteiger partial charge is 0.331 e.